The fourth-order valence-electron chi connectivity index (χ4n) is 1.64. The second-order valence-electron chi connectivity index (χ2n) is 4.59. The second-order valence-corrected chi connectivity index (χ2v) is 5.41. The molecule has 0 saturated heterocycles. The van der Waals surface area contributed by atoms with Crippen molar-refractivity contribution in [2.24, 2.45) is 5.10 Å². The minimum atomic E-state index is -1.31. The van der Waals surface area contributed by atoms with Crippen LogP contribution >= 0.6 is 11.8 Å². The third-order valence-electron chi connectivity index (χ3n) is 2.94. The van der Waals surface area contributed by atoms with Gasteiger partial charge in [0, 0.05) is 4.53 Å². The molecule has 2 rings (SSSR count). The van der Waals surface area contributed by atoms with E-state index in [1.165, 1.54) is 37.0 Å². The molecule has 10 heteroatoms. The first-order valence-corrected chi connectivity index (χ1v) is 8.01. The van der Waals surface area contributed by atoms with E-state index in [0.29, 0.717) is 0 Å². The number of nitrogens with one attached hydrogen (secondary N) is 1. The molecule has 25 heavy (non-hydrogen) atoms. The molecule has 2 N–H and O–H groups in total. The minimum Gasteiger partial charge on any atom is -0.503 e. The summed E-state index contributed by atoms with van der Waals surface area (Å²) in [7, 11) is 0. The molecule has 0 saturated carbocycles. The Morgan fingerprint density at radius 2 is 2.12 bits per heavy atom. The number of hydrogen-bond donors (Lipinski definition) is 2. The molecular weight excluding hydrogens is 356 g/mol. The van der Waals surface area contributed by atoms with E-state index in [4.69, 9.17) is 4.74 Å². The summed E-state index contributed by atoms with van der Waals surface area (Å²) in [6.45, 7) is 1.17. The highest BCUT2D eigenvalue weighted by Gasteiger charge is 2.15. The molecule has 0 radical (unpaired) electrons. The number of thioether (sulfide) groups is 1. The Bertz CT molecular complexity index is 800. The monoisotopic (exact) mass is 369 g/mol. The highest BCUT2D eigenvalue weighted by Crippen LogP contribution is 2.35. The Hall–Kier alpha value is -2.88. The summed E-state index contributed by atoms with van der Waals surface area (Å²) in [4.78, 5) is 17.9. The maximum absolute atomic E-state index is 14.2. The topological polar surface area (TPSA) is 93.0 Å². The number of carbonyl (C=O) groups is 1. The third-order valence-corrected chi connectivity index (χ3v) is 3.60. The van der Waals surface area contributed by atoms with Crippen LogP contribution in [0.25, 0.3) is 0 Å². The maximum Gasteiger partial charge on any atom is 0.395 e. The lowest BCUT2D eigenvalue weighted by Gasteiger charge is -2.10. The van der Waals surface area contributed by atoms with Crippen LogP contribution in [0, 0.1) is 5.82 Å². The zero-order valence-corrected chi connectivity index (χ0v) is 13.9. The Morgan fingerprint density at radius 1 is 1.36 bits per heavy atom. The van der Waals surface area contributed by atoms with Gasteiger partial charge in [0.2, 0.25) is 5.82 Å². The molecule has 0 aliphatic heterocycles. The van der Waals surface area contributed by atoms with E-state index in [1.54, 1.807) is 12.1 Å². The van der Waals surface area contributed by atoms with Crippen LogP contribution < -0.4 is 10.2 Å². The molecule has 0 bridgehead atoms. The summed E-state index contributed by atoms with van der Waals surface area (Å²) in [6.07, 6.45) is 3.29. The number of aromatic hydroxyl groups is 1. The molecule has 132 valence electrons. The molecule has 1 aromatic heterocycles. The number of nitrogens with zero attached hydrogens (tertiary/aromatic N) is 2. The van der Waals surface area contributed by atoms with Gasteiger partial charge in [-0.15, -0.1) is 11.8 Å². The number of aromatic nitrogens is 1. The van der Waals surface area contributed by atoms with Gasteiger partial charge in [-0.3, -0.25) is 5.43 Å². The number of ether oxygens (including phenoxy) is 1. The van der Waals surface area contributed by atoms with Gasteiger partial charge in [-0.1, -0.05) is 0 Å². The van der Waals surface area contributed by atoms with E-state index in [-0.39, 0.29) is 22.9 Å². The van der Waals surface area contributed by atoms with Gasteiger partial charge in [0.1, 0.15) is 17.1 Å². The fraction of sp³-hybridized carbons (Fsp3) is 0.133. The van der Waals surface area contributed by atoms with Gasteiger partial charge in [0.25, 0.3) is 0 Å². The highest BCUT2D eigenvalue weighted by molar-refractivity contribution is 7.98. The van der Waals surface area contributed by atoms with Crippen molar-refractivity contribution in [1.29, 1.82) is 0 Å². The van der Waals surface area contributed by atoms with Crippen LogP contribution in [-0.4, -0.2) is 28.0 Å². The summed E-state index contributed by atoms with van der Waals surface area (Å²) >= 11 is 1.44. The van der Waals surface area contributed by atoms with E-state index in [2.05, 4.69) is 20.5 Å². The molecule has 0 fully saturated rings. The molecule has 0 aliphatic carbocycles. The van der Waals surface area contributed by atoms with Gasteiger partial charge in [-0.25, -0.2) is 14.7 Å². The number of phenolic OH excluding ortho intramolecular Hbond substituents is 1. The molecule has 1 aromatic carbocycles. The second kappa shape index (κ2) is 8.29. The van der Waals surface area contributed by atoms with Crippen LogP contribution in [0.4, 0.5) is 14.6 Å². The van der Waals surface area contributed by atoms with Crippen LogP contribution in [0.1, 0.15) is 6.92 Å². The Labute approximate surface area is 145 Å². The molecule has 2 aromatic rings. The van der Waals surface area contributed by atoms with E-state index in [9.17, 15) is 18.8 Å². The molecule has 7 nitrogen and oxygen atoms in total. The predicted octanol–water partition coefficient (Wildman–Crippen LogP) is 3.66. The summed E-state index contributed by atoms with van der Waals surface area (Å²) in [5.41, 5.74) is 1.73. The Balaban J connectivity index is 2.17. The predicted molar refractivity (Wildman–Crippen MR) is 88.1 cm³/mol. The summed E-state index contributed by atoms with van der Waals surface area (Å²) < 4.78 is 31.3. The van der Waals surface area contributed by atoms with Crippen LogP contribution in [0.2, 0.25) is 0 Å². The summed E-state index contributed by atoms with van der Waals surface area (Å²) in [5, 5.41) is 14.1. The minimum absolute atomic E-state index is 0.147. The van der Waals surface area contributed by atoms with Gasteiger partial charge in [0.05, 0.1) is 11.2 Å². The van der Waals surface area contributed by atoms with Crippen molar-refractivity contribution in [3.05, 3.63) is 36.3 Å². The number of carbonyl (C=O) groups excluding carboxylic acids is 1. The van der Waals surface area contributed by atoms with Crippen molar-refractivity contribution in [2.75, 3.05) is 11.7 Å². The van der Waals surface area contributed by atoms with Crippen LogP contribution in [0.5, 0.6) is 17.2 Å². The van der Waals surface area contributed by atoms with Crippen molar-refractivity contribution in [2.45, 2.75) is 11.9 Å². The van der Waals surface area contributed by atoms with Gasteiger partial charge in [-0.2, -0.15) is 9.49 Å². The van der Waals surface area contributed by atoms with Crippen molar-refractivity contribution >= 4 is 29.1 Å². The van der Waals surface area contributed by atoms with Crippen molar-refractivity contribution in [3.63, 3.8) is 0 Å². The zero-order valence-electron chi connectivity index (χ0n) is 13.1. The lowest BCUT2D eigenvalue weighted by molar-refractivity contribution is -0.174. The number of halogens is 2. The largest absolute Gasteiger partial charge is 0.503 e. The van der Waals surface area contributed by atoms with Crippen molar-refractivity contribution in [1.82, 2.24) is 4.98 Å². The molecule has 0 aliphatic rings. The van der Waals surface area contributed by atoms with E-state index < -0.39 is 17.5 Å². The van der Waals surface area contributed by atoms with Crippen LogP contribution in [-0.2, 0) is 9.74 Å². The molecule has 1 heterocycles. The molecule has 0 amide bonds. The van der Waals surface area contributed by atoms with Gasteiger partial charge >= 0.3 is 5.97 Å². The van der Waals surface area contributed by atoms with Crippen molar-refractivity contribution in [3.8, 4) is 17.2 Å². The number of benzene rings is 1. The van der Waals surface area contributed by atoms with Crippen molar-refractivity contribution < 1.29 is 28.5 Å². The summed E-state index contributed by atoms with van der Waals surface area (Å²) in [5.74, 6) is -3.08. The number of rotatable bonds is 6. The quantitative estimate of drug-likeness (QED) is 0.347. The standard InChI is InChI=1S/C15H13F2N3O4S/c1-8(15(22)24-17)19-20-10-4-5-11(13(16)14(10)21)23-9-3-6-12(25-2)18-7-9/h3-7,20-21H,1-2H3/b19-8+. The number of anilines is 1. The Morgan fingerprint density at radius 3 is 2.72 bits per heavy atom. The van der Waals surface area contributed by atoms with E-state index in [0.717, 1.165) is 5.03 Å². The Kier molecular flexibility index (Phi) is 6.12. The lowest BCUT2D eigenvalue weighted by atomic mass is 10.2. The first kappa shape index (κ1) is 18.5. The third kappa shape index (κ3) is 4.57. The fourth-order valence-corrected chi connectivity index (χ4v) is 2.00. The van der Waals surface area contributed by atoms with Crippen LogP contribution in [0.15, 0.2) is 40.6 Å². The normalized spacial score (nSPS) is 11.1. The molecular formula is C15H13F2N3O4S. The number of pyridine rings is 1. The SMILES string of the molecule is CSc1ccc(Oc2ccc(N/N=C(\C)C(=O)OF)c(O)c2F)cn1. The van der Waals surface area contributed by atoms with Crippen LogP contribution in [0.3, 0.4) is 0 Å². The number of phenols is 1. The van der Waals surface area contributed by atoms with E-state index in [1.807, 2.05) is 6.26 Å². The van der Waals surface area contributed by atoms with E-state index >= 15 is 0 Å². The van der Waals surface area contributed by atoms with Gasteiger partial charge < -0.3 is 9.84 Å². The smallest absolute Gasteiger partial charge is 0.395 e. The summed E-state index contributed by atoms with van der Waals surface area (Å²) in [6, 6.07) is 5.83. The first-order valence-electron chi connectivity index (χ1n) is 6.78. The average Bonchev–Trinajstić information content (AvgIpc) is 2.64. The molecule has 0 unspecified atom stereocenters. The number of hydrazone groups is 1. The van der Waals surface area contributed by atoms with Gasteiger partial charge in [0.15, 0.2) is 11.5 Å². The average molecular weight is 369 g/mol. The highest BCUT2D eigenvalue weighted by atomic mass is 32.2. The molecule has 0 atom stereocenters. The zero-order chi connectivity index (χ0) is 18.4. The number of hydrogen-bond acceptors (Lipinski definition) is 8. The first-order chi connectivity index (χ1) is 12.0. The van der Waals surface area contributed by atoms with Gasteiger partial charge in [-0.05, 0) is 37.4 Å². The maximum atomic E-state index is 14.2. The lowest BCUT2D eigenvalue weighted by Crippen LogP contribution is -2.12. The molecule has 0 spiro atoms.